The van der Waals surface area contributed by atoms with Gasteiger partial charge in [0, 0.05) is 27.2 Å². The Kier molecular flexibility index (Phi) is 8.84. The van der Waals surface area contributed by atoms with Crippen LogP contribution in [0.1, 0.15) is 26.7 Å². The quantitative estimate of drug-likeness (QED) is 0.327. The molecular weight excluding hydrogens is 450 g/mol. The van der Waals surface area contributed by atoms with Crippen molar-refractivity contribution in [2.75, 3.05) is 46.7 Å². The summed E-state index contributed by atoms with van der Waals surface area (Å²) in [6.45, 7) is 3.69. The van der Waals surface area contributed by atoms with E-state index in [1.807, 2.05) is 18.2 Å². The van der Waals surface area contributed by atoms with Crippen LogP contribution in [0.4, 0.5) is 4.79 Å². The number of rotatable bonds is 12. The van der Waals surface area contributed by atoms with E-state index in [0.29, 0.717) is 5.75 Å². The second-order valence-corrected chi connectivity index (χ2v) is 10.6. The number of methoxy groups -OCH3 is 1. The predicted octanol–water partition coefficient (Wildman–Crippen LogP) is 1.57. The smallest absolute Gasteiger partial charge is 0.327 e. The third kappa shape index (κ3) is 6.44. The number of hydrogen-bond donors (Lipinski definition) is 0. The minimum atomic E-state index is -3.77. The summed E-state index contributed by atoms with van der Waals surface area (Å²) in [7, 11) is 0.413. The highest BCUT2D eigenvalue weighted by Crippen LogP contribution is 2.26. The van der Waals surface area contributed by atoms with Gasteiger partial charge in [0.1, 0.15) is 17.9 Å². The van der Waals surface area contributed by atoms with Crippen molar-refractivity contribution in [3.05, 3.63) is 30.3 Å². The molecule has 1 aliphatic rings. The maximum atomic E-state index is 12.8. The van der Waals surface area contributed by atoms with E-state index in [0.717, 1.165) is 9.21 Å². The molecule has 184 valence electrons. The van der Waals surface area contributed by atoms with Gasteiger partial charge in [0.2, 0.25) is 10.0 Å². The first-order valence-corrected chi connectivity index (χ1v) is 12.3. The number of sulfonamides is 1. The fourth-order valence-electron chi connectivity index (χ4n) is 3.44. The van der Waals surface area contributed by atoms with E-state index in [1.165, 1.54) is 19.1 Å². The first-order chi connectivity index (χ1) is 15.4. The SMILES string of the molecule is COC(=O)C(CCCN1C(=O)N(C)C(C)(C)C1=O)CS(=O)(=O)N(C)CCOc1ccccc1. The average molecular weight is 484 g/mol. The number of ether oxygens (including phenoxy) is 2. The molecule has 1 fully saturated rings. The van der Waals surface area contributed by atoms with Crippen molar-refractivity contribution >= 4 is 27.9 Å². The van der Waals surface area contributed by atoms with Gasteiger partial charge in [-0.25, -0.2) is 17.5 Å². The van der Waals surface area contributed by atoms with Gasteiger partial charge in [-0.2, -0.15) is 0 Å². The van der Waals surface area contributed by atoms with Gasteiger partial charge >= 0.3 is 12.0 Å². The van der Waals surface area contributed by atoms with E-state index in [2.05, 4.69) is 0 Å². The molecule has 1 aliphatic heterocycles. The molecule has 1 aromatic carbocycles. The second-order valence-electron chi connectivity index (χ2n) is 8.48. The molecule has 1 saturated heterocycles. The van der Waals surface area contributed by atoms with Crippen molar-refractivity contribution < 1.29 is 32.3 Å². The summed E-state index contributed by atoms with van der Waals surface area (Å²) >= 11 is 0. The summed E-state index contributed by atoms with van der Waals surface area (Å²) in [5.41, 5.74) is -0.938. The van der Waals surface area contributed by atoms with Gasteiger partial charge in [0.25, 0.3) is 5.91 Å². The fourth-order valence-corrected chi connectivity index (χ4v) is 4.86. The van der Waals surface area contributed by atoms with Crippen molar-refractivity contribution in [1.82, 2.24) is 14.1 Å². The number of carbonyl (C=O) groups is 3. The Morgan fingerprint density at radius 3 is 2.36 bits per heavy atom. The number of amides is 3. The molecule has 0 N–H and O–H groups in total. The Bertz CT molecular complexity index is 950. The number of para-hydroxylation sites is 1. The summed E-state index contributed by atoms with van der Waals surface area (Å²) in [4.78, 5) is 39.6. The molecule has 0 bridgehead atoms. The van der Waals surface area contributed by atoms with Crippen LogP contribution in [0.15, 0.2) is 30.3 Å². The largest absolute Gasteiger partial charge is 0.492 e. The highest BCUT2D eigenvalue weighted by Gasteiger charge is 2.48. The van der Waals surface area contributed by atoms with Crippen LogP contribution in [0.3, 0.4) is 0 Å². The molecular formula is C22H33N3O7S. The van der Waals surface area contributed by atoms with Gasteiger partial charge in [-0.1, -0.05) is 18.2 Å². The third-order valence-corrected chi connectivity index (χ3v) is 7.85. The van der Waals surface area contributed by atoms with E-state index in [1.54, 1.807) is 33.0 Å². The number of esters is 1. The first-order valence-electron chi connectivity index (χ1n) is 10.7. The minimum absolute atomic E-state index is 0.0970. The number of likely N-dealkylation sites (N-methyl/N-ethyl adjacent to an activating group) is 2. The van der Waals surface area contributed by atoms with Crippen molar-refractivity contribution in [1.29, 1.82) is 0 Å². The summed E-state index contributed by atoms with van der Waals surface area (Å²) < 4.78 is 37.1. The van der Waals surface area contributed by atoms with E-state index in [4.69, 9.17) is 9.47 Å². The van der Waals surface area contributed by atoms with E-state index in [9.17, 15) is 22.8 Å². The van der Waals surface area contributed by atoms with E-state index in [-0.39, 0.29) is 38.4 Å². The Morgan fingerprint density at radius 1 is 1.18 bits per heavy atom. The van der Waals surface area contributed by atoms with Crippen molar-refractivity contribution in [3.8, 4) is 5.75 Å². The lowest BCUT2D eigenvalue weighted by Gasteiger charge is -2.22. The molecule has 0 spiro atoms. The van der Waals surface area contributed by atoms with E-state index < -0.39 is 39.2 Å². The molecule has 0 aliphatic carbocycles. The number of urea groups is 1. The minimum Gasteiger partial charge on any atom is -0.492 e. The molecule has 10 nitrogen and oxygen atoms in total. The highest BCUT2D eigenvalue weighted by molar-refractivity contribution is 7.89. The van der Waals surface area contributed by atoms with Crippen LogP contribution in [0, 0.1) is 5.92 Å². The molecule has 0 radical (unpaired) electrons. The molecule has 1 heterocycles. The number of benzene rings is 1. The normalized spacial score (nSPS) is 16.9. The number of hydrogen-bond acceptors (Lipinski definition) is 7. The van der Waals surface area contributed by atoms with Gasteiger partial charge in [-0.05, 0) is 38.8 Å². The summed E-state index contributed by atoms with van der Waals surface area (Å²) in [6, 6.07) is 8.63. The fraction of sp³-hybridized carbons (Fsp3) is 0.591. The Hall–Kier alpha value is -2.66. The zero-order valence-electron chi connectivity index (χ0n) is 19.8. The van der Waals surface area contributed by atoms with Gasteiger partial charge in [0.15, 0.2) is 0 Å². The molecule has 2 rings (SSSR count). The number of imide groups is 1. The third-order valence-electron chi connectivity index (χ3n) is 5.90. The topological polar surface area (TPSA) is 114 Å². The summed E-state index contributed by atoms with van der Waals surface area (Å²) in [5.74, 6) is -1.69. The lowest BCUT2D eigenvalue weighted by molar-refractivity contribution is -0.144. The van der Waals surface area contributed by atoms with Crippen LogP contribution in [-0.4, -0.2) is 92.6 Å². The van der Waals surface area contributed by atoms with Crippen molar-refractivity contribution in [3.63, 3.8) is 0 Å². The molecule has 0 aromatic heterocycles. The van der Waals surface area contributed by atoms with Crippen molar-refractivity contribution in [2.24, 2.45) is 5.92 Å². The van der Waals surface area contributed by atoms with Gasteiger partial charge in [-0.15, -0.1) is 0 Å². The van der Waals surface area contributed by atoms with Crippen LogP contribution in [0.2, 0.25) is 0 Å². The molecule has 0 saturated carbocycles. The van der Waals surface area contributed by atoms with Crippen molar-refractivity contribution in [2.45, 2.75) is 32.2 Å². The maximum Gasteiger partial charge on any atom is 0.327 e. The van der Waals surface area contributed by atoms with Crippen LogP contribution in [0.25, 0.3) is 0 Å². The Labute approximate surface area is 195 Å². The monoisotopic (exact) mass is 483 g/mol. The molecule has 1 unspecified atom stereocenters. The predicted molar refractivity (Wildman–Crippen MR) is 122 cm³/mol. The maximum absolute atomic E-state index is 12.8. The molecule has 33 heavy (non-hydrogen) atoms. The second kappa shape index (κ2) is 11.0. The van der Waals surface area contributed by atoms with Crippen LogP contribution in [0.5, 0.6) is 5.75 Å². The Balaban J connectivity index is 1.92. The molecule has 11 heteroatoms. The van der Waals surface area contributed by atoms with E-state index >= 15 is 0 Å². The van der Waals surface area contributed by atoms with Crippen LogP contribution in [-0.2, 0) is 24.3 Å². The average Bonchev–Trinajstić information content (AvgIpc) is 2.92. The van der Waals surface area contributed by atoms with Crippen LogP contribution >= 0.6 is 0 Å². The summed E-state index contributed by atoms with van der Waals surface area (Å²) in [5, 5.41) is 0. The lowest BCUT2D eigenvalue weighted by Crippen LogP contribution is -2.41. The molecule has 1 atom stereocenters. The zero-order chi connectivity index (χ0) is 24.8. The number of nitrogens with zero attached hydrogens (tertiary/aromatic N) is 3. The van der Waals surface area contributed by atoms with Gasteiger partial charge in [0.05, 0.1) is 18.8 Å². The molecule has 1 aromatic rings. The number of carbonyl (C=O) groups excluding carboxylic acids is 3. The molecule has 3 amide bonds. The van der Waals surface area contributed by atoms with Gasteiger partial charge < -0.3 is 14.4 Å². The van der Waals surface area contributed by atoms with Crippen LogP contribution < -0.4 is 4.74 Å². The Morgan fingerprint density at radius 2 is 1.82 bits per heavy atom. The lowest BCUT2D eigenvalue weighted by atomic mass is 10.0. The standard InChI is InChI=1S/C22H33N3O7S/c1-22(2)20(27)25(21(28)24(22)4)13-9-10-17(19(26)31-5)16-33(29,30)23(3)14-15-32-18-11-7-6-8-12-18/h6-8,11-12,17H,9-10,13-16H2,1-5H3. The highest BCUT2D eigenvalue weighted by atomic mass is 32.2. The van der Waals surface area contributed by atoms with Gasteiger partial charge in [-0.3, -0.25) is 14.5 Å². The summed E-state index contributed by atoms with van der Waals surface area (Å²) in [6.07, 6.45) is 0.430. The first kappa shape index (κ1) is 26.6. The zero-order valence-corrected chi connectivity index (χ0v) is 20.6.